The Balaban J connectivity index is 2.16. The normalized spacial score (nSPS) is 15.7. The van der Waals surface area contributed by atoms with Gasteiger partial charge in [0.2, 0.25) is 0 Å². The van der Waals surface area contributed by atoms with Crippen molar-refractivity contribution in [2.24, 2.45) is 0 Å². The second-order valence-electron chi connectivity index (χ2n) is 4.59. The summed E-state index contributed by atoms with van der Waals surface area (Å²) in [5, 5.41) is 11.6. The minimum atomic E-state index is -3.76. The highest BCUT2D eigenvalue weighted by Gasteiger charge is 2.29. The molecular formula is C11H11ClN4O2S. The van der Waals surface area contributed by atoms with Gasteiger partial charge >= 0.3 is 0 Å². The molecule has 0 atom stereocenters. The predicted molar refractivity (Wildman–Crippen MR) is 69.3 cm³/mol. The van der Waals surface area contributed by atoms with Gasteiger partial charge in [-0.2, -0.15) is 0 Å². The Morgan fingerprint density at radius 1 is 1.37 bits per heavy atom. The third-order valence-electron chi connectivity index (χ3n) is 3.12. The molecule has 0 spiro atoms. The van der Waals surface area contributed by atoms with Gasteiger partial charge < -0.3 is 0 Å². The molecule has 0 bridgehead atoms. The van der Waals surface area contributed by atoms with E-state index in [9.17, 15) is 8.42 Å². The fourth-order valence-corrected chi connectivity index (χ4v) is 2.71. The van der Waals surface area contributed by atoms with Crippen molar-refractivity contribution in [3.63, 3.8) is 0 Å². The Labute approximate surface area is 114 Å². The molecule has 1 aliphatic rings. The molecule has 1 aromatic carbocycles. The summed E-state index contributed by atoms with van der Waals surface area (Å²) in [4.78, 5) is 0.0557. The smallest absolute Gasteiger partial charge is 0.222 e. The van der Waals surface area contributed by atoms with Gasteiger partial charge in [0, 0.05) is 16.2 Å². The SMILES string of the molecule is Cc1ccc(S(=O)(=O)Cl)cc1-c1nnnn1C1CC1. The molecule has 6 nitrogen and oxygen atoms in total. The van der Waals surface area contributed by atoms with Gasteiger partial charge in [-0.15, -0.1) is 5.10 Å². The van der Waals surface area contributed by atoms with Crippen LogP contribution in [0, 0.1) is 6.92 Å². The minimum absolute atomic E-state index is 0.0557. The van der Waals surface area contributed by atoms with Gasteiger partial charge in [0.05, 0.1) is 10.9 Å². The summed E-state index contributed by atoms with van der Waals surface area (Å²) < 4.78 is 24.6. The zero-order valence-corrected chi connectivity index (χ0v) is 11.7. The van der Waals surface area contributed by atoms with Crippen molar-refractivity contribution in [3.05, 3.63) is 23.8 Å². The first-order valence-corrected chi connectivity index (χ1v) is 8.11. The van der Waals surface area contributed by atoms with Crippen LogP contribution in [0.15, 0.2) is 23.1 Å². The summed E-state index contributed by atoms with van der Waals surface area (Å²) >= 11 is 0. The van der Waals surface area contributed by atoms with Crippen LogP contribution in [0.3, 0.4) is 0 Å². The first-order valence-electron chi connectivity index (χ1n) is 5.80. The van der Waals surface area contributed by atoms with E-state index in [2.05, 4.69) is 15.5 Å². The molecule has 1 saturated carbocycles. The van der Waals surface area contributed by atoms with Crippen molar-refractivity contribution in [3.8, 4) is 11.4 Å². The quantitative estimate of drug-likeness (QED) is 0.809. The maximum absolute atomic E-state index is 11.4. The summed E-state index contributed by atoms with van der Waals surface area (Å²) in [6, 6.07) is 5.02. The summed E-state index contributed by atoms with van der Waals surface area (Å²) in [5.74, 6) is 0.585. The molecular weight excluding hydrogens is 288 g/mol. The maximum atomic E-state index is 11.4. The summed E-state index contributed by atoms with van der Waals surface area (Å²) in [7, 11) is 1.62. The molecule has 1 heterocycles. The Bertz CT molecular complexity index is 737. The van der Waals surface area contributed by atoms with Crippen LogP contribution in [0.25, 0.3) is 11.4 Å². The van der Waals surface area contributed by atoms with Gasteiger partial charge in [-0.05, 0) is 47.9 Å². The summed E-state index contributed by atoms with van der Waals surface area (Å²) in [6.45, 7) is 1.88. The lowest BCUT2D eigenvalue weighted by atomic mass is 10.1. The first kappa shape index (κ1) is 12.6. The van der Waals surface area contributed by atoms with E-state index in [0.29, 0.717) is 17.4 Å². The lowest BCUT2D eigenvalue weighted by Gasteiger charge is -2.07. The zero-order chi connectivity index (χ0) is 13.6. The van der Waals surface area contributed by atoms with Gasteiger partial charge in [0.1, 0.15) is 0 Å². The van der Waals surface area contributed by atoms with Crippen LogP contribution < -0.4 is 0 Å². The molecule has 0 saturated heterocycles. The molecule has 1 aliphatic carbocycles. The monoisotopic (exact) mass is 298 g/mol. The molecule has 0 unspecified atom stereocenters. The molecule has 0 aliphatic heterocycles. The molecule has 8 heteroatoms. The van der Waals surface area contributed by atoms with E-state index in [1.165, 1.54) is 12.1 Å². The molecule has 1 fully saturated rings. The Morgan fingerprint density at radius 2 is 2.11 bits per heavy atom. The number of nitrogens with zero attached hydrogens (tertiary/aromatic N) is 4. The van der Waals surface area contributed by atoms with E-state index in [0.717, 1.165) is 18.4 Å². The van der Waals surface area contributed by atoms with Gasteiger partial charge in [-0.3, -0.25) is 0 Å². The Hall–Kier alpha value is -1.47. The van der Waals surface area contributed by atoms with Crippen LogP contribution in [0.2, 0.25) is 0 Å². The molecule has 3 rings (SSSR count). The third kappa shape index (κ3) is 2.35. The Morgan fingerprint density at radius 3 is 2.74 bits per heavy atom. The number of benzene rings is 1. The van der Waals surface area contributed by atoms with E-state index < -0.39 is 9.05 Å². The van der Waals surface area contributed by atoms with Gasteiger partial charge in [-0.1, -0.05) is 6.07 Å². The van der Waals surface area contributed by atoms with Crippen molar-refractivity contribution in [2.75, 3.05) is 0 Å². The Kier molecular flexibility index (Phi) is 2.83. The fourth-order valence-electron chi connectivity index (χ4n) is 1.93. The number of hydrogen-bond acceptors (Lipinski definition) is 5. The minimum Gasteiger partial charge on any atom is -0.222 e. The number of aromatic nitrogens is 4. The van der Waals surface area contributed by atoms with Crippen LogP contribution in [0.4, 0.5) is 0 Å². The molecule has 1 aromatic heterocycles. The number of tetrazole rings is 1. The second kappa shape index (κ2) is 4.28. The highest BCUT2D eigenvalue weighted by Crippen LogP contribution is 2.37. The molecule has 0 radical (unpaired) electrons. The lowest BCUT2D eigenvalue weighted by Crippen LogP contribution is -2.02. The largest absolute Gasteiger partial charge is 0.261 e. The van der Waals surface area contributed by atoms with E-state index >= 15 is 0 Å². The van der Waals surface area contributed by atoms with Crippen molar-refractivity contribution < 1.29 is 8.42 Å². The highest BCUT2D eigenvalue weighted by molar-refractivity contribution is 8.13. The molecule has 100 valence electrons. The van der Waals surface area contributed by atoms with Crippen LogP contribution >= 0.6 is 10.7 Å². The third-order valence-corrected chi connectivity index (χ3v) is 4.47. The van der Waals surface area contributed by atoms with E-state index in [1.54, 1.807) is 10.7 Å². The molecule has 0 N–H and O–H groups in total. The predicted octanol–water partition coefficient (Wildman–Crippen LogP) is 1.91. The topological polar surface area (TPSA) is 77.7 Å². The van der Waals surface area contributed by atoms with Gasteiger partial charge in [0.25, 0.3) is 9.05 Å². The fraction of sp³-hybridized carbons (Fsp3) is 0.364. The van der Waals surface area contributed by atoms with Crippen LogP contribution in [-0.2, 0) is 9.05 Å². The molecule has 0 amide bonds. The number of aryl methyl sites for hydroxylation is 1. The standard InChI is InChI=1S/C11H11ClN4O2S/c1-7-2-5-9(19(12,17)18)6-10(7)11-13-14-15-16(11)8-3-4-8/h2,5-6,8H,3-4H2,1H3. The molecule has 19 heavy (non-hydrogen) atoms. The van der Waals surface area contributed by atoms with Gasteiger partial charge in [-0.25, -0.2) is 13.1 Å². The average Bonchev–Trinajstić information content (AvgIpc) is 3.07. The van der Waals surface area contributed by atoms with Crippen molar-refractivity contribution >= 4 is 19.7 Å². The maximum Gasteiger partial charge on any atom is 0.261 e. The second-order valence-corrected chi connectivity index (χ2v) is 7.16. The number of rotatable bonds is 3. The van der Waals surface area contributed by atoms with Gasteiger partial charge in [0.15, 0.2) is 5.82 Å². The van der Waals surface area contributed by atoms with Crippen molar-refractivity contribution in [1.29, 1.82) is 0 Å². The van der Waals surface area contributed by atoms with Crippen molar-refractivity contribution in [2.45, 2.75) is 30.7 Å². The van der Waals surface area contributed by atoms with Crippen molar-refractivity contribution in [1.82, 2.24) is 20.2 Å². The highest BCUT2D eigenvalue weighted by atomic mass is 35.7. The summed E-state index contributed by atoms with van der Waals surface area (Å²) in [6.07, 6.45) is 2.09. The summed E-state index contributed by atoms with van der Waals surface area (Å²) in [5.41, 5.74) is 1.60. The number of halogens is 1. The van der Waals surface area contributed by atoms with Crippen LogP contribution in [0.1, 0.15) is 24.4 Å². The number of hydrogen-bond donors (Lipinski definition) is 0. The zero-order valence-electron chi connectivity index (χ0n) is 10.1. The first-order chi connectivity index (χ1) is 8.97. The van der Waals surface area contributed by atoms with E-state index in [1.807, 2.05) is 6.92 Å². The average molecular weight is 299 g/mol. The van der Waals surface area contributed by atoms with Crippen LogP contribution in [0.5, 0.6) is 0 Å². The van der Waals surface area contributed by atoms with E-state index in [-0.39, 0.29) is 4.90 Å². The van der Waals surface area contributed by atoms with Crippen LogP contribution in [-0.4, -0.2) is 28.6 Å². The van der Waals surface area contributed by atoms with E-state index in [4.69, 9.17) is 10.7 Å². The molecule has 2 aromatic rings. The lowest BCUT2D eigenvalue weighted by molar-refractivity contribution is 0.609.